The number of Topliss-reactive ketones (excluding diaryl/α,β-unsaturated/α-hetero) is 2. The predicted molar refractivity (Wildman–Crippen MR) is 149 cm³/mol. The van der Waals surface area contributed by atoms with Crippen molar-refractivity contribution in [2.24, 2.45) is 0 Å². The summed E-state index contributed by atoms with van der Waals surface area (Å²) >= 11 is 0. The Balaban J connectivity index is 1.42. The van der Waals surface area contributed by atoms with E-state index >= 15 is 0 Å². The Labute approximate surface area is 227 Å². The summed E-state index contributed by atoms with van der Waals surface area (Å²) in [5.41, 5.74) is 5.12. The number of ether oxygens (including phenoxy) is 1. The van der Waals surface area contributed by atoms with Gasteiger partial charge in [0.15, 0.2) is 11.4 Å². The number of rotatable bonds is 10. The van der Waals surface area contributed by atoms with Crippen molar-refractivity contribution in [3.63, 3.8) is 0 Å². The summed E-state index contributed by atoms with van der Waals surface area (Å²) in [4.78, 5) is 40.7. The largest absolute Gasteiger partial charge is 0.489 e. The average molecular weight is 525 g/mol. The lowest BCUT2D eigenvalue weighted by molar-refractivity contribution is -0.138. The molecule has 39 heavy (non-hydrogen) atoms. The third-order valence-corrected chi connectivity index (χ3v) is 7.20. The van der Waals surface area contributed by atoms with Crippen LogP contribution >= 0.6 is 0 Å². The van der Waals surface area contributed by atoms with Crippen LogP contribution in [-0.2, 0) is 21.0 Å². The zero-order valence-electron chi connectivity index (χ0n) is 22.1. The summed E-state index contributed by atoms with van der Waals surface area (Å²) in [7, 11) is 0. The smallest absolute Gasteiger partial charge is 0.232 e. The number of ketones is 2. The Hall–Kier alpha value is -4.33. The van der Waals surface area contributed by atoms with E-state index in [4.69, 9.17) is 4.74 Å². The van der Waals surface area contributed by atoms with Crippen molar-refractivity contribution in [3.05, 3.63) is 78.2 Å². The topological polar surface area (TPSA) is 103 Å². The molecule has 2 heterocycles. The van der Waals surface area contributed by atoms with Gasteiger partial charge in [0.2, 0.25) is 11.7 Å². The number of carbonyl (C=O) groups excluding carboxylic acids is 3. The van der Waals surface area contributed by atoms with Crippen molar-refractivity contribution < 1.29 is 19.1 Å². The number of amides is 1. The first-order valence-corrected chi connectivity index (χ1v) is 13.5. The maximum atomic E-state index is 12.5. The van der Waals surface area contributed by atoms with Crippen LogP contribution in [0.25, 0.3) is 16.8 Å². The summed E-state index contributed by atoms with van der Waals surface area (Å²) < 4.78 is 7.79. The number of hydrogen-bond donors (Lipinski definition) is 1. The van der Waals surface area contributed by atoms with E-state index in [2.05, 4.69) is 15.4 Å². The molecule has 1 aliphatic rings. The lowest BCUT2D eigenvalue weighted by atomic mass is 9.84. The van der Waals surface area contributed by atoms with Gasteiger partial charge in [-0.1, -0.05) is 68.7 Å². The van der Waals surface area contributed by atoms with Gasteiger partial charge in [-0.25, -0.2) is 9.50 Å². The number of anilines is 1. The fourth-order valence-electron chi connectivity index (χ4n) is 5.14. The second kappa shape index (κ2) is 12.0. The molecule has 5 rings (SSSR count). The van der Waals surface area contributed by atoms with Crippen molar-refractivity contribution in [1.82, 2.24) is 14.6 Å². The summed E-state index contributed by atoms with van der Waals surface area (Å²) in [6.07, 6.45) is 8.62. The first-order valence-electron chi connectivity index (χ1n) is 13.5. The van der Waals surface area contributed by atoms with E-state index in [-0.39, 0.29) is 6.42 Å². The molecular formula is C31H32N4O4. The Morgan fingerprint density at radius 3 is 2.41 bits per heavy atom. The molecule has 0 aliphatic heterocycles. The van der Waals surface area contributed by atoms with Crippen LogP contribution < -0.4 is 10.1 Å². The Kier molecular flexibility index (Phi) is 8.10. The van der Waals surface area contributed by atoms with E-state index in [1.54, 1.807) is 13.1 Å². The SMILES string of the molecule is CCC(=O)C(=O)CC(=O)Nc1cnn2c(C3CCCCC3)c(-c3ccc(OCc4ccccc4)cc3)cnc12. The van der Waals surface area contributed by atoms with Gasteiger partial charge in [-0.2, -0.15) is 5.10 Å². The molecule has 1 aliphatic carbocycles. The van der Waals surface area contributed by atoms with Gasteiger partial charge in [0, 0.05) is 24.1 Å². The minimum Gasteiger partial charge on any atom is -0.489 e. The lowest BCUT2D eigenvalue weighted by Gasteiger charge is -2.25. The highest BCUT2D eigenvalue weighted by Crippen LogP contribution is 2.39. The molecule has 1 N–H and O–H groups in total. The molecule has 4 aromatic rings. The van der Waals surface area contributed by atoms with E-state index in [0.29, 0.717) is 23.9 Å². The molecular weight excluding hydrogens is 492 g/mol. The van der Waals surface area contributed by atoms with Crippen molar-refractivity contribution in [2.45, 2.75) is 64.4 Å². The maximum absolute atomic E-state index is 12.5. The Morgan fingerprint density at radius 2 is 1.69 bits per heavy atom. The van der Waals surface area contributed by atoms with E-state index in [1.165, 1.54) is 6.42 Å². The molecule has 2 aromatic carbocycles. The summed E-state index contributed by atoms with van der Waals surface area (Å²) in [6, 6.07) is 18.1. The molecule has 200 valence electrons. The third-order valence-electron chi connectivity index (χ3n) is 7.20. The lowest BCUT2D eigenvalue weighted by Crippen LogP contribution is -2.21. The van der Waals surface area contributed by atoms with Gasteiger partial charge in [0.1, 0.15) is 18.0 Å². The zero-order chi connectivity index (χ0) is 27.2. The van der Waals surface area contributed by atoms with Crippen LogP contribution in [0.1, 0.15) is 69.0 Å². The second-order valence-electron chi connectivity index (χ2n) is 9.91. The number of benzene rings is 2. The Bertz CT molecular complexity index is 1470. The average Bonchev–Trinajstić information content (AvgIpc) is 3.38. The van der Waals surface area contributed by atoms with Gasteiger partial charge in [-0.15, -0.1) is 0 Å². The van der Waals surface area contributed by atoms with Crippen LogP contribution in [0.3, 0.4) is 0 Å². The van der Waals surface area contributed by atoms with E-state index in [1.807, 2.05) is 65.3 Å². The summed E-state index contributed by atoms with van der Waals surface area (Å²) in [5, 5.41) is 7.33. The monoisotopic (exact) mass is 524 g/mol. The fourth-order valence-corrected chi connectivity index (χ4v) is 5.14. The maximum Gasteiger partial charge on any atom is 0.232 e. The molecule has 1 fully saturated rings. The molecule has 0 spiro atoms. The second-order valence-corrected chi connectivity index (χ2v) is 9.91. The number of nitrogens with one attached hydrogen (secondary N) is 1. The highest BCUT2D eigenvalue weighted by atomic mass is 16.5. The van der Waals surface area contributed by atoms with E-state index < -0.39 is 23.9 Å². The van der Waals surface area contributed by atoms with Gasteiger partial charge < -0.3 is 10.1 Å². The molecule has 0 radical (unpaired) electrons. The molecule has 0 saturated heterocycles. The summed E-state index contributed by atoms with van der Waals surface area (Å²) in [6.45, 7) is 2.10. The standard InChI is InChI=1S/C31H32N4O4/c1-2-27(36)28(37)17-29(38)34-26-19-33-35-30(23-11-7-4-8-12-23)25(18-32-31(26)35)22-13-15-24(16-14-22)39-20-21-9-5-3-6-10-21/h3,5-6,9-10,13-16,18-19,23H,2,4,7-8,11-12,17,20H2,1H3,(H,34,38). The van der Waals surface area contributed by atoms with Crippen molar-refractivity contribution in [3.8, 4) is 16.9 Å². The minimum atomic E-state index is -0.694. The van der Waals surface area contributed by atoms with Crippen LogP contribution in [0.2, 0.25) is 0 Å². The van der Waals surface area contributed by atoms with Crippen LogP contribution in [0, 0.1) is 0 Å². The molecule has 1 amide bonds. The van der Waals surface area contributed by atoms with Gasteiger partial charge in [-0.05, 0) is 36.1 Å². The number of aromatic nitrogens is 3. The quantitative estimate of drug-likeness (QED) is 0.205. The first-order chi connectivity index (χ1) is 19.0. The number of hydrogen-bond acceptors (Lipinski definition) is 6. The highest BCUT2D eigenvalue weighted by molar-refractivity contribution is 6.40. The molecule has 8 nitrogen and oxygen atoms in total. The molecule has 2 aromatic heterocycles. The molecule has 0 atom stereocenters. The Morgan fingerprint density at radius 1 is 0.949 bits per heavy atom. The van der Waals surface area contributed by atoms with Crippen LogP contribution in [0.4, 0.5) is 5.69 Å². The van der Waals surface area contributed by atoms with Gasteiger partial charge in [-0.3, -0.25) is 14.4 Å². The molecule has 1 saturated carbocycles. The van der Waals surface area contributed by atoms with Crippen molar-refractivity contribution in [1.29, 1.82) is 0 Å². The molecule has 0 bridgehead atoms. The van der Waals surface area contributed by atoms with E-state index in [0.717, 1.165) is 53.8 Å². The normalized spacial score (nSPS) is 13.8. The first kappa shape index (κ1) is 26.3. The van der Waals surface area contributed by atoms with Gasteiger partial charge in [0.25, 0.3) is 0 Å². The molecule has 0 unspecified atom stereocenters. The molecule has 8 heteroatoms. The summed E-state index contributed by atoms with van der Waals surface area (Å²) in [5.74, 6) is -0.700. The van der Waals surface area contributed by atoms with Crippen LogP contribution in [0.15, 0.2) is 67.0 Å². The predicted octanol–water partition coefficient (Wildman–Crippen LogP) is 5.90. The van der Waals surface area contributed by atoms with E-state index in [9.17, 15) is 14.4 Å². The fraction of sp³-hybridized carbons (Fsp3) is 0.323. The van der Waals surface area contributed by atoms with Crippen LogP contribution in [-0.4, -0.2) is 32.1 Å². The van der Waals surface area contributed by atoms with Crippen LogP contribution in [0.5, 0.6) is 5.75 Å². The van der Waals surface area contributed by atoms with Gasteiger partial charge >= 0.3 is 0 Å². The number of fused-ring (bicyclic) bond motifs is 1. The number of carbonyl (C=O) groups is 3. The minimum absolute atomic E-state index is 0.0814. The van der Waals surface area contributed by atoms with Gasteiger partial charge in [0.05, 0.1) is 18.3 Å². The third kappa shape index (κ3) is 6.06. The van der Waals surface area contributed by atoms with Crippen molar-refractivity contribution in [2.75, 3.05) is 5.32 Å². The van der Waals surface area contributed by atoms with Crippen molar-refractivity contribution >= 4 is 28.8 Å². The zero-order valence-corrected chi connectivity index (χ0v) is 22.1. The highest BCUT2D eigenvalue weighted by Gasteiger charge is 2.25. The number of nitrogens with zero attached hydrogens (tertiary/aromatic N) is 3.